The number of nitrogens with zero attached hydrogens (tertiary/aromatic N) is 2. The lowest BCUT2D eigenvalue weighted by atomic mass is 10.2. The van der Waals surface area contributed by atoms with Gasteiger partial charge in [-0.1, -0.05) is 0 Å². The molecule has 0 fully saturated rings. The molecule has 0 amide bonds. The third-order valence-electron chi connectivity index (χ3n) is 1.46. The van der Waals surface area contributed by atoms with Crippen LogP contribution in [0.4, 0.5) is 0 Å². The summed E-state index contributed by atoms with van der Waals surface area (Å²) in [4.78, 5) is 18.1. The number of rotatable bonds is 1. The predicted molar refractivity (Wildman–Crippen MR) is 43.5 cm³/mol. The molecule has 4 nitrogen and oxygen atoms in total. The first-order valence-corrected chi connectivity index (χ1v) is 3.64. The van der Waals surface area contributed by atoms with Crippen molar-refractivity contribution in [2.75, 3.05) is 0 Å². The fourth-order valence-corrected chi connectivity index (χ4v) is 1.24. The minimum absolute atomic E-state index is 0.0787. The van der Waals surface area contributed by atoms with E-state index in [1.54, 1.807) is 13.8 Å². The summed E-state index contributed by atoms with van der Waals surface area (Å²) in [5.74, 6) is -1.03. The van der Waals surface area contributed by atoms with E-state index < -0.39 is 5.97 Å². The molecular formula is C7H7ClN2O2. The number of carboxylic acid groups (broad SMARTS) is 1. The number of carboxylic acids is 1. The van der Waals surface area contributed by atoms with Gasteiger partial charge in [0.2, 0.25) is 5.28 Å². The molecule has 0 radical (unpaired) electrons. The van der Waals surface area contributed by atoms with E-state index in [0.717, 1.165) is 0 Å². The van der Waals surface area contributed by atoms with Gasteiger partial charge < -0.3 is 5.11 Å². The lowest BCUT2D eigenvalue weighted by Gasteiger charge is -2.02. The van der Waals surface area contributed by atoms with Gasteiger partial charge in [0, 0.05) is 0 Å². The number of aromatic nitrogens is 2. The lowest BCUT2D eigenvalue weighted by Crippen LogP contribution is -2.07. The van der Waals surface area contributed by atoms with Crippen LogP contribution >= 0.6 is 11.6 Å². The minimum Gasteiger partial charge on any atom is -0.478 e. The first kappa shape index (κ1) is 8.93. The van der Waals surface area contributed by atoms with Crippen molar-refractivity contribution in [2.24, 2.45) is 0 Å². The van der Waals surface area contributed by atoms with Gasteiger partial charge >= 0.3 is 5.97 Å². The standard InChI is InChI=1S/C7H7ClN2O2/c1-3-5(6(11)12)4(2)10-7(8)9-3/h1-2H3,(H,11,12). The molecule has 0 saturated heterocycles. The number of hydrogen-bond donors (Lipinski definition) is 1. The third-order valence-corrected chi connectivity index (χ3v) is 1.63. The number of hydrogen-bond acceptors (Lipinski definition) is 3. The van der Waals surface area contributed by atoms with E-state index in [4.69, 9.17) is 16.7 Å². The highest BCUT2D eigenvalue weighted by Gasteiger charge is 2.13. The highest BCUT2D eigenvalue weighted by atomic mass is 35.5. The Morgan fingerprint density at radius 2 is 1.75 bits per heavy atom. The number of carbonyl (C=O) groups is 1. The van der Waals surface area contributed by atoms with E-state index >= 15 is 0 Å². The van der Waals surface area contributed by atoms with Crippen LogP contribution in [0.2, 0.25) is 5.28 Å². The molecule has 0 aliphatic rings. The molecule has 0 spiro atoms. The molecular weight excluding hydrogens is 180 g/mol. The van der Waals surface area contributed by atoms with Crippen LogP contribution in [0.3, 0.4) is 0 Å². The second-order valence-electron chi connectivity index (χ2n) is 2.34. The Morgan fingerprint density at radius 3 is 2.08 bits per heavy atom. The van der Waals surface area contributed by atoms with Gasteiger partial charge in [0.25, 0.3) is 0 Å². The molecule has 64 valence electrons. The van der Waals surface area contributed by atoms with Crippen molar-refractivity contribution in [2.45, 2.75) is 13.8 Å². The molecule has 0 aliphatic heterocycles. The zero-order valence-electron chi connectivity index (χ0n) is 6.63. The fraction of sp³-hybridized carbons (Fsp3) is 0.286. The largest absolute Gasteiger partial charge is 0.478 e. The Balaban J connectivity index is 3.38. The summed E-state index contributed by atoms with van der Waals surface area (Å²) < 4.78 is 0. The van der Waals surface area contributed by atoms with Crippen LogP contribution in [0, 0.1) is 13.8 Å². The summed E-state index contributed by atoms with van der Waals surface area (Å²) in [5, 5.41) is 8.79. The number of halogens is 1. The van der Waals surface area contributed by atoms with Crippen molar-refractivity contribution >= 4 is 17.6 Å². The zero-order valence-corrected chi connectivity index (χ0v) is 7.38. The molecule has 0 aliphatic carbocycles. The molecule has 1 N–H and O–H groups in total. The van der Waals surface area contributed by atoms with Gasteiger partial charge in [0.05, 0.1) is 11.4 Å². The second kappa shape index (κ2) is 3.06. The van der Waals surface area contributed by atoms with Crippen LogP contribution in [0.1, 0.15) is 21.7 Å². The number of aryl methyl sites for hydroxylation is 2. The predicted octanol–water partition coefficient (Wildman–Crippen LogP) is 1.45. The van der Waals surface area contributed by atoms with Crippen LogP contribution in [0.15, 0.2) is 0 Å². The normalized spacial score (nSPS) is 9.92. The molecule has 0 aromatic carbocycles. The van der Waals surface area contributed by atoms with Gasteiger partial charge in [-0.15, -0.1) is 0 Å². The Kier molecular flexibility index (Phi) is 2.28. The van der Waals surface area contributed by atoms with Crippen molar-refractivity contribution in [1.82, 2.24) is 9.97 Å². The van der Waals surface area contributed by atoms with E-state index in [1.807, 2.05) is 0 Å². The smallest absolute Gasteiger partial charge is 0.339 e. The van der Waals surface area contributed by atoms with Crippen LogP contribution in [-0.4, -0.2) is 21.0 Å². The summed E-state index contributed by atoms with van der Waals surface area (Å²) in [6.45, 7) is 3.17. The van der Waals surface area contributed by atoms with E-state index in [1.165, 1.54) is 0 Å². The van der Waals surface area contributed by atoms with Gasteiger partial charge in [-0.25, -0.2) is 14.8 Å². The maximum atomic E-state index is 10.6. The van der Waals surface area contributed by atoms with Gasteiger partial charge in [0.15, 0.2) is 0 Å². The van der Waals surface area contributed by atoms with E-state index in [9.17, 15) is 4.79 Å². The molecule has 1 rings (SSSR count). The third kappa shape index (κ3) is 1.53. The van der Waals surface area contributed by atoms with Gasteiger partial charge in [-0.05, 0) is 25.4 Å². The molecule has 12 heavy (non-hydrogen) atoms. The first-order valence-electron chi connectivity index (χ1n) is 3.26. The summed E-state index contributed by atoms with van der Waals surface area (Å²) in [5.41, 5.74) is 0.902. The monoisotopic (exact) mass is 186 g/mol. The molecule has 0 bridgehead atoms. The minimum atomic E-state index is -1.03. The summed E-state index contributed by atoms with van der Waals surface area (Å²) in [7, 11) is 0. The van der Waals surface area contributed by atoms with E-state index in [0.29, 0.717) is 11.4 Å². The fourth-order valence-electron chi connectivity index (χ4n) is 0.985. The maximum Gasteiger partial charge on any atom is 0.339 e. The maximum absolute atomic E-state index is 10.6. The molecule has 0 saturated carbocycles. The molecule has 1 heterocycles. The van der Waals surface area contributed by atoms with Crippen molar-refractivity contribution in [3.8, 4) is 0 Å². The Labute approximate surface area is 74.2 Å². The molecule has 1 aromatic rings. The van der Waals surface area contributed by atoms with Crippen molar-refractivity contribution in [1.29, 1.82) is 0 Å². The Hall–Kier alpha value is -1.16. The average Bonchev–Trinajstić information content (AvgIpc) is 1.82. The van der Waals surface area contributed by atoms with Crippen LogP contribution < -0.4 is 0 Å². The molecule has 0 unspecified atom stereocenters. The van der Waals surface area contributed by atoms with Crippen LogP contribution in [0.5, 0.6) is 0 Å². The quantitative estimate of drug-likeness (QED) is 0.675. The topological polar surface area (TPSA) is 63.1 Å². The Morgan fingerprint density at radius 1 is 1.33 bits per heavy atom. The highest BCUT2D eigenvalue weighted by Crippen LogP contribution is 2.12. The summed E-state index contributed by atoms with van der Waals surface area (Å²) in [6.07, 6.45) is 0. The highest BCUT2D eigenvalue weighted by molar-refractivity contribution is 6.28. The van der Waals surface area contributed by atoms with Gasteiger partial charge in [-0.2, -0.15) is 0 Å². The second-order valence-corrected chi connectivity index (χ2v) is 2.68. The van der Waals surface area contributed by atoms with E-state index in [2.05, 4.69) is 9.97 Å². The zero-order chi connectivity index (χ0) is 9.30. The van der Waals surface area contributed by atoms with Crippen molar-refractivity contribution < 1.29 is 9.90 Å². The van der Waals surface area contributed by atoms with Gasteiger partial charge in [-0.3, -0.25) is 0 Å². The first-order chi connectivity index (χ1) is 5.52. The molecule has 0 atom stereocenters. The van der Waals surface area contributed by atoms with E-state index in [-0.39, 0.29) is 10.8 Å². The summed E-state index contributed by atoms with van der Waals surface area (Å²) >= 11 is 5.51. The summed E-state index contributed by atoms with van der Waals surface area (Å²) in [6, 6.07) is 0. The Bertz CT molecular complexity index is 315. The van der Waals surface area contributed by atoms with Crippen molar-refractivity contribution in [3.63, 3.8) is 0 Å². The SMILES string of the molecule is Cc1nc(Cl)nc(C)c1C(=O)O. The number of aromatic carboxylic acids is 1. The van der Waals surface area contributed by atoms with Crippen LogP contribution in [-0.2, 0) is 0 Å². The van der Waals surface area contributed by atoms with Crippen molar-refractivity contribution in [3.05, 3.63) is 22.2 Å². The molecule has 1 aromatic heterocycles. The lowest BCUT2D eigenvalue weighted by molar-refractivity contribution is 0.0694. The molecule has 5 heteroatoms. The van der Waals surface area contributed by atoms with Crippen LogP contribution in [0.25, 0.3) is 0 Å². The average molecular weight is 187 g/mol. The van der Waals surface area contributed by atoms with Gasteiger partial charge in [0.1, 0.15) is 5.56 Å².